The molecule has 5 heterocycles. The van der Waals surface area contributed by atoms with Crippen molar-refractivity contribution < 1.29 is 24.2 Å². The maximum atomic E-state index is 12.8. The summed E-state index contributed by atoms with van der Waals surface area (Å²) in [4.78, 5) is 31.7. The van der Waals surface area contributed by atoms with Crippen molar-refractivity contribution in [2.75, 3.05) is 26.2 Å². The van der Waals surface area contributed by atoms with Crippen LogP contribution in [0.2, 0.25) is 18.1 Å². The Bertz CT molecular complexity index is 2440. The zero-order valence-electron chi connectivity index (χ0n) is 35.1. The molecule has 60 heavy (non-hydrogen) atoms. The number of pyridine rings is 1. The number of aromatic hydroxyl groups is 1. The van der Waals surface area contributed by atoms with Crippen molar-refractivity contribution in [3.05, 3.63) is 109 Å². The van der Waals surface area contributed by atoms with Crippen LogP contribution in [0.15, 0.2) is 82.3 Å². The third-order valence-corrected chi connectivity index (χ3v) is 19.6. The number of rotatable bonds is 16. The normalized spacial score (nSPS) is 17.1. The fourth-order valence-electron chi connectivity index (χ4n) is 8.73. The van der Waals surface area contributed by atoms with Gasteiger partial charge in [0.1, 0.15) is 11.3 Å². The molecule has 15 heteroatoms. The van der Waals surface area contributed by atoms with Gasteiger partial charge < -0.3 is 34.6 Å². The first-order valence-corrected chi connectivity index (χ1v) is 25.6. The number of thiophene rings is 2. The Morgan fingerprint density at radius 2 is 1.73 bits per heavy atom. The Balaban J connectivity index is 0.833. The maximum Gasteiger partial charge on any atom is 0.347 e. The molecule has 6 aromatic rings. The van der Waals surface area contributed by atoms with E-state index in [-0.39, 0.29) is 34.0 Å². The van der Waals surface area contributed by atoms with Crippen LogP contribution in [0, 0.1) is 5.41 Å². The van der Waals surface area contributed by atoms with Gasteiger partial charge in [0.05, 0.1) is 33.0 Å². The smallest absolute Gasteiger partial charge is 0.347 e. The second kappa shape index (κ2) is 16.9. The molecule has 0 amide bonds. The Morgan fingerprint density at radius 3 is 2.38 bits per heavy atom. The fraction of sp³-hybridized carbons (Fsp3) is 0.467. The minimum absolute atomic E-state index is 0.00834. The number of fused-ring (bicyclic) bond motifs is 2. The molecule has 1 aliphatic heterocycles. The Labute approximate surface area is 359 Å². The highest BCUT2D eigenvalue weighted by molar-refractivity contribution is 7.12. The molecular weight excluding hydrogens is 813 g/mol. The summed E-state index contributed by atoms with van der Waals surface area (Å²) in [6.07, 6.45) is 4.60. The van der Waals surface area contributed by atoms with E-state index < -0.39 is 19.9 Å². The summed E-state index contributed by atoms with van der Waals surface area (Å²) < 4.78 is 15.6. The number of carboxylic acids is 1. The van der Waals surface area contributed by atoms with Crippen molar-refractivity contribution in [2.45, 2.75) is 102 Å². The number of likely N-dealkylation sites (tertiary alicyclic amines) is 1. The second-order valence-corrected chi connectivity index (χ2v) is 24.9. The van der Waals surface area contributed by atoms with Crippen LogP contribution in [0.25, 0.3) is 21.9 Å². The van der Waals surface area contributed by atoms with Gasteiger partial charge >= 0.3 is 5.97 Å². The molecule has 1 spiro atoms. The van der Waals surface area contributed by atoms with Gasteiger partial charge in [-0.3, -0.25) is 4.79 Å². The summed E-state index contributed by atoms with van der Waals surface area (Å²) in [7, 11) is -2.20. The molecule has 4 N–H and O–H groups in total. The average Bonchev–Trinajstić information content (AvgIpc) is 4.01. The molecule has 0 bridgehead atoms. The lowest BCUT2D eigenvalue weighted by Gasteiger charge is -2.53. The van der Waals surface area contributed by atoms with Crippen LogP contribution in [0.1, 0.15) is 79.9 Å². The highest BCUT2D eigenvalue weighted by Crippen LogP contribution is 2.53. The molecule has 2 fully saturated rings. The quantitative estimate of drug-likeness (QED) is 0.0696. The fourth-order valence-corrected chi connectivity index (χ4v) is 11.8. The zero-order valence-corrected chi connectivity index (χ0v) is 37.7. The Kier molecular flexibility index (Phi) is 12.0. The molecule has 1 atom stereocenters. The number of aliphatic carboxylic acids is 1. The highest BCUT2D eigenvalue weighted by Gasteiger charge is 2.53. The van der Waals surface area contributed by atoms with Gasteiger partial charge in [-0.05, 0) is 134 Å². The molecular formula is C45H56N6O6S2Si. The summed E-state index contributed by atoms with van der Waals surface area (Å²) >= 11 is 2.88. The average molecular weight is 869 g/mol. The minimum atomic E-state index is -2.20. The van der Waals surface area contributed by atoms with Gasteiger partial charge in [-0.1, -0.05) is 50.3 Å². The minimum Gasteiger partial charge on any atom is -0.506 e. The van der Waals surface area contributed by atoms with E-state index in [0.29, 0.717) is 18.6 Å². The lowest BCUT2D eigenvalue weighted by molar-refractivity contribution is -0.190. The number of aryl methyl sites for hydroxylation is 1. The molecule has 2 aromatic carbocycles. The van der Waals surface area contributed by atoms with E-state index in [9.17, 15) is 19.8 Å². The summed E-state index contributed by atoms with van der Waals surface area (Å²) in [5.41, 5.74) is 2.83. The van der Waals surface area contributed by atoms with E-state index in [1.54, 1.807) is 12.1 Å². The van der Waals surface area contributed by atoms with E-state index in [1.807, 2.05) is 45.8 Å². The number of phenolic OH excluding ortho intramolecular Hbond substituents is 1. The van der Waals surface area contributed by atoms with Crippen molar-refractivity contribution in [2.24, 2.45) is 5.41 Å². The molecule has 12 nitrogen and oxygen atoms in total. The Morgan fingerprint density at radius 1 is 1.02 bits per heavy atom. The standard InChI is InChI=1S/C45H56N6O6S2Si/c1-43(2,3)60(4,5)57-37(32-12-15-36(52)41-33(32)13-16-40(53)47-41)29-46-28-30-11-14-35-34(25-30)48-49-51(35)20-8-19-50-21-17-44(18-22-50)26-31(27-44)56-45(42(54)55,38-9-6-23-58-38)39-10-7-24-59-39/h6-7,9-16,23-25,31,37,46,52H,8,17-22,26-29H2,1-5H3,(H,47,53)(H,54,55)/t37-/m0/s1. The number of phenols is 1. The topological polar surface area (TPSA) is 155 Å². The molecule has 0 unspecified atom stereocenters. The lowest BCUT2D eigenvalue weighted by Crippen LogP contribution is -2.53. The van der Waals surface area contributed by atoms with Gasteiger partial charge in [-0.25, -0.2) is 9.48 Å². The predicted octanol–water partition coefficient (Wildman–Crippen LogP) is 8.63. The number of hydrogen-bond donors (Lipinski definition) is 4. The second-order valence-electron chi connectivity index (χ2n) is 18.2. The highest BCUT2D eigenvalue weighted by atomic mass is 32.1. The van der Waals surface area contributed by atoms with Crippen LogP contribution in [0.5, 0.6) is 5.75 Å². The number of aromatic amines is 1. The molecule has 2 aliphatic rings. The number of H-pyrrole nitrogens is 1. The molecule has 1 aliphatic carbocycles. The van der Waals surface area contributed by atoms with Crippen LogP contribution >= 0.6 is 22.7 Å². The van der Waals surface area contributed by atoms with Gasteiger partial charge in [0.2, 0.25) is 11.2 Å². The van der Waals surface area contributed by atoms with Gasteiger partial charge in [-0.2, -0.15) is 0 Å². The molecule has 1 saturated carbocycles. The molecule has 1 saturated heterocycles. The number of nitrogens with zero attached hydrogens (tertiary/aromatic N) is 4. The molecule has 8 rings (SSSR count). The first kappa shape index (κ1) is 42.5. The predicted molar refractivity (Wildman–Crippen MR) is 240 cm³/mol. The lowest BCUT2D eigenvalue weighted by atomic mass is 9.61. The largest absolute Gasteiger partial charge is 0.506 e. The number of hydrogen-bond acceptors (Lipinski definition) is 11. The van der Waals surface area contributed by atoms with Crippen LogP contribution in [-0.2, 0) is 32.6 Å². The third-order valence-electron chi connectivity index (χ3n) is 13.2. The first-order chi connectivity index (χ1) is 28.7. The van der Waals surface area contributed by atoms with Crippen molar-refractivity contribution >= 4 is 58.9 Å². The third kappa shape index (κ3) is 8.50. The molecule has 318 valence electrons. The van der Waals surface area contributed by atoms with E-state index in [0.717, 1.165) is 95.6 Å². The zero-order chi connectivity index (χ0) is 42.3. The van der Waals surface area contributed by atoms with Crippen molar-refractivity contribution in [3.8, 4) is 5.75 Å². The van der Waals surface area contributed by atoms with Crippen LogP contribution < -0.4 is 10.9 Å². The van der Waals surface area contributed by atoms with Crippen molar-refractivity contribution in [1.82, 2.24) is 30.2 Å². The number of piperidine rings is 1. The number of carbonyl (C=O) groups is 1. The summed E-state index contributed by atoms with van der Waals surface area (Å²) in [6.45, 7) is 16.1. The van der Waals surface area contributed by atoms with Crippen LogP contribution in [-0.4, -0.2) is 81.7 Å². The van der Waals surface area contributed by atoms with E-state index in [4.69, 9.17) is 9.16 Å². The summed E-state index contributed by atoms with van der Waals surface area (Å²) in [6, 6.07) is 20.7. The number of ether oxygens (including phenoxy) is 1. The van der Waals surface area contributed by atoms with Gasteiger partial charge in [0, 0.05) is 31.1 Å². The monoisotopic (exact) mass is 868 g/mol. The number of carboxylic acid groups (broad SMARTS) is 1. The van der Waals surface area contributed by atoms with Gasteiger partial charge in [0.25, 0.3) is 0 Å². The van der Waals surface area contributed by atoms with E-state index in [2.05, 4.69) is 77.6 Å². The summed E-state index contributed by atoms with van der Waals surface area (Å²) in [5.74, 6) is -0.913. The summed E-state index contributed by atoms with van der Waals surface area (Å²) in [5, 5.41) is 38.3. The van der Waals surface area contributed by atoms with Crippen LogP contribution in [0.4, 0.5) is 0 Å². The van der Waals surface area contributed by atoms with Crippen LogP contribution in [0.3, 0.4) is 0 Å². The molecule has 0 radical (unpaired) electrons. The number of aromatic nitrogens is 4. The SMILES string of the molecule is CC(C)(C)[Si](C)(C)O[C@@H](CNCc1ccc2c(c1)nnn2CCCN1CCC2(CC1)CC(OC(C(=O)O)(c1cccs1)c1cccs1)C2)c1ccc(O)c2[nH]c(=O)ccc12. The number of benzene rings is 2. The first-order valence-electron chi connectivity index (χ1n) is 20.9. The van der Waals surface area contributed by atoms with Crippen molar-refractivity contribution in [1.29, 1.82) is 0 Å². The van der Waals surface area contributed by atoms with Gasteiger partial charge in [0.15, 0.2) is 8.32 Å². The Hall–Kier alpha value is -4.22. The molecule has 4 aromatic heterocycles. The number of nitrogens with one attached hydrogen (secondary N) is 2. The van der Waals surface area contributed by atoms with E-state index in [1.165, 1.54) is 28.7 Å². The van der Waals surface area contributed by atoms with Crippen molar-refractivity contribution in [3.63, 3.8) is 0 Å². The van der Waals surface area contributed by atoms with E-state index >= 15 is 0 Å². The maximum absolute atomic E-state index is 12.8. The van der Waals surface area contributed by atoms with Gasteiger partial charge in [-0.15, -0.1) is 27.8 Å².